The van der Waals surface area contributed by atoms with Gasteiger partial charge in [0.05, 0.1) is 6.10 Å². The highest BCUT2D eigenvalue weighted by atomic mass is 19.1. The Morgan fingerprint density at radius 2 is 1.38 bits per heavy atom. The summed E-state index contributed by atoms with van der Waals surface area (Å²) < 4.78 is 35.3. The van der Waals surface area contributed by atoms with Crippen LogP contribution in [-0.2, 0) is 4.74 Å². The van der Waals surface area contributed by atoms with Crippen LogP contribution in [0, 0.1) is 29.6 Å². The van der Waals surface area contributed by atoms with Crippen molar-refractivity contribution >= 4 is 0 Å². The van der Waals surface area contributed by atoms with Gasteiger partial charge in [0.2, 0.25) is 0 Å². The van der Waals surface area contributed by atoms with E-state index in [-0.39, 0.29) is 11.8 Å². The number of rotatable bonds is 6. The fourth-order valence-corrected chi connectivity index (χ4v) is 6.38. The van der Waals surface area contributed by atoms with Crippen molar-refractivity contribution in [3.8, 4) is 0 Å². The largest absolute Gasteiger partial charge is 0.379 e. The van der Waals surface area contributed by atoms with E-state index in [0.717, 1.165) is 58.0 Å². The minimum absolute atomic E-state index is 0.131. The highest BCUT2D eigenvalue weighted by Crippen LogP contribution is 2.47. The molecule has 0 aromatic rings. The first-order chi connectivity index (χ1) is 12.6. The SMILES string of the molecule is CCCC1CCC(C2CCC(C3CCC(OCC)CC3)CC2F)CC1F. The summed E-state index contributed by atoms with van der Waals surface area (Å²) in [6.45, 7) is 5.02. The van der Waals surface area contributed by atoms with Crippen LogP contribution in [0.4, 0.5) is 8.78 Å². The van der Waals surface area contributed by atoms with E-state index >= 15 is 4.39 Å². The van der Waals surface area contributed by atoms with Gasteiger partial charge < -0.3 is 4.74 Å². The van der Waals surface area contributed by atoms with Crippen molar-refractivity contribution in [2.24, 2.45) is 29.6 Å². The summed E-state index contributed by atoms with van der Waals surface area (Å²) in [7, 11) is 0. The Labute approximate surface area is 159 Å². The molecule has 3 rings (SSSR count). The van der Waals surface area contributed by atoms with Gasteiger partial charge >= 0.3 is 0 Å². The fourth-order valence-electron chi connectivity index (χ4n) is 6.38. The van der Waals surface area contributed by atoms with Crippen molar-refractivity contribution < 1.29 is 13.5 Å². The van der Waals surface area contributed by atoms with Crippen molar-refractivity contribution in [3.63, 3.8) is 0 Å². The van der Waals surface area contributed by atoms with E-state index in [2.05, 4.69) is 13.8 Å². The smallest absolute Gasteiger partial charge is 0.103 e. The van der Waals surface area contributed by atoms with Crippen molar-refractivity contribution in [2.45, 2.75) is 109 Å². The predicted octanol–water partition coefficient (Wildman–Crippen LogP) is 6.89. The molecule has 0 amide bonds. The average molecular weight is 371 g/mol. The maximum Gasteiger partial charge on any atom is 0.103 e. The zero-order valence-corrected chi connectivity index (χ0v) is 17.0. The molecule has 0 N–H and O–H groups in total. The zero-order valence-electron chi connectivity index (χ0n) is 17.0. The summed E-state index contributed by atoms with van der Waals surface area (Å²) in [6, 6.07) is 0. The Kier molecular flexibility index (Phi) is 7.78. The van der Waals surface area contributed by atoms with Crippen LogP contribution in [-0.4, -0.2) is 25.1 Å². The third-order valence-corrected chi connectivity index (χ3v) is 7.86. The summed E-state index contributed by atoms with van der Waals surface area (Å²) in [5.74, 6) is 1.92. The highest BCUT2D eigenvalue weighted by Gasteiger charge is 2.42. The Bertz CT molecular complexity index is 407. The van der Waals surface area contributed by atoms with E-state index in [9.17, 15) is 4.39 Å². The second-order valence-corrected chi connectivity index (χ2v) is 9.38. The molecule has 0 bridgehead atoms. The molecule has 6 atom stereocenters. The second-order valence-electron chi connectivity index (χ2n) is 9.38. The number of hydrogen-bond donors (Lipinski definition) is 0. The topological polar surface area (TPSA) is 9.23 Å². The molecule has 0 aromatic carbocycles. The molecule has 0 radical (unpaired) electrons. The average Bonchev–Trinajstić information content (AvgIpc) is 2.64. The number of hydrogen-bond acceptors (Lipinski definition) is 1. The van der Waals surface area contributed by atoms with Crippen molar-refractivity contribution in [2.75, 3.05) is 6.61 Å². The Hall–Kier alpha value is -0.180. The number of ether oxygens (including phenoxy) is 1. The first kappa shape index (κ1) is 20.6. The quantitative estimate of drug-likeness (QED) is 0.494. The monoisotopic (exact) mass is 370 g/mol. The summed E-state index contributed by atoms with van der Waals surface area (Å²) in [6.07, 6.45) is 11.4. The highest BCUT2D eigenvalue weighted by molar-refractivity contribution is 4.92. The van der Waals surface area contributed by atoms with Gasteiger partial charge in [0.25, 0.3) is 0 Å². The van der Waals surface area contributed by atoms with Crippen LogP contribution in [0.1, 0.15) is 90.9 Å². The molecule has 0 saturated heterocycles. The lowest BCUT2D eigenvalue weighted by Gasteiger charge is -2.43. The predicted molar refractivity (Wildman–Crippen MR) is 104 cm³/mol. The molecule has 3 aliphatic rings. The summed E-state index contributed by atoms with van der Waals surface area (Å²) in [5.41, 5.74) is 0. The maximum absolute atomic E-state index is 15.1. The minimum Gasteiger partial charge on any atom is -0.379 e. The summed E-state index contributed by atoms with van der Waals surface area (Å²) >= 11 is 0. The van der Waals surface area contributed by atoms with Crippen LogP contribution in [0.2, 0.25) is 0 Å². The Balaban J connectivity index is 1.45. The molecule has 0 spiro atoms. The van der Waals surface area contributed by atoms with Crippen LogP contribution >= 0.6 is 0 Å². The molecular formula is C23H40F2O. The van der Waals surface area contributed by atoms with E-state index in [1.165, 1.54) is 19.3 Å². The first-order valence-electron chi connectivity index (χ1n) is 11.5. The number of alkyl halides is 2. The van der Waals surface area contributed by atoms with Crippen LogP contribution in [0.25, 0.3) is 0 Å². The standard InChI is InChI=1S/C23H40F2O/c1-3-5-17-6-7-19(15-22(17)24)21-13-10-18(14-23(21)25)16-8-11-20(12-9-16)26-4-2/h16-23H,3-15H2,1-2H3. The van der Waals surface area contributed by atoms with E-state index in [0.29, 0.717) is 30.3 Å². The van der Waals surface area contributed by atoms with Crippen molar-refractivity contribution in [3.05, 3.63) is 0 Å². The van der Waals surface area contributed by atoms with Gasteiger partial charge in [-0.15, -0.1) is 0 Å². The lowest BCUT2D eigenvalue weighted by atomic mass is 9.64. The van der Waals surface area contributed by atoms with Gasteiger partial charge in [0.1, 0.15) is 12.3 Å². The van der Waals surface area contributed by atoms with Gasteiger partial charge in [-0.3, -0.25) is 0 Å². The zero-order chi connectivity index (χ0) is 18.5. The van der Waals surface area contributed by atoms with E-state index in [4.69, 9.17) is 4.74 Å². The van der Waals surface area contributed by atoms with E-state index in [1.807, 2.05) is 0 Å². The lowest BCUT2D eigenvalue weighted by molar-refractivity contribution is -0.00778. The van der Waals surface area contributed by atoms with E-state index in [1.54, 1.807) is 0 Å². The van der Waals surface area contributed by atoms with E-state index < -0.39 is 12.3 Å². The minimum atomic E-state index is -0.696. The summed E-state index contributed by atoms with van der Waals surface area (Å²) in [5, 5.41) is 0. The molecule has 6 unspecified atom stereocenters. The molecule has 3 aliphatic carbocycles. The molecule has 0 aliphatic heterocycles. The van der Waals surface area contributed by atoms with Gasteiger partial charge in [-0.25, -0.2) is 8.78 Å². The maximum atomic E-state index is 15.1. The molecule has 26 heavy (non-hydrogen) atoms. The number of halogens is 2. The van der Waals surface area contributed by atoms with Gasteiger partial charge in [-0.05, 0) is 107 Å². The fraction of sp³-hybridized carbons (Fsp3) is 1.00. The normalized spacial score (nSPS) is 44.8. The molecule has 0 heterocycles. The Morgan fingerprint density at radius 3 is 2.00 bits per heavy atom. The summed E-state index contributed by atoms with van der Waals surface area (Å²) in [4.78, 5) is 0. The third-order valence-electron chi connectivity index (χ3n) is 7.86. The van der Waals surface area contributed by atoms with Gasteiger partial charge in [0, 0.05) is 6.61 Å². The van der Waals surface area contributed by atoms with Crippen LogP contribution in [0.15, 0.2) is 0 Å². The van der Waals surface area contributed by atoms with Crippen molar-refractivity contribution in [1.29, 1.82) is 0 Å². The molecule has 3 fully saturated rings. The Morgan fingerprint density at radius 1 is 0.731 bits per heavy atom. The van der Waals surface area contributed by atoms with Crippen LogP contribution < -0.4 is 0 Å². The molecule has 0 aromatic heterocycles. The van der Waals surface area contributed by atoms with Crippen LogP contribution in [0.5, 0.6) is 0 Å². The molecule has 3 saturated carbocycles. The van der Waals surface area contributed by atoms with Gasteiger partial charge in [0.15, 0.2) is 0 Å². The molecule has 3 heteroatoms. The van der Waals surface area contributed by atoms with Gasteiger partial charge in [-0.1, -0.05) is 13.3 Å². The molecule has 152 valence electrons. The second kappa shape index (κ2) is 9.85. The van der Waals surface area contributed by atoms with Crippen LogP contribution in [0.3, 0.4) is 0 Å². The third kappa shape index (κ3) is 5.00. The molecule has 1 nitrogen and oxygen atoms in total. The van der Waals surface area contributed by atoms with Gasteiger partial charge in [-0.2, -0.15) is 0 Å². The molecular weight excluding hydrogens is 330 g/mol. The first-order valence-corrected chi connectivity index (χ1v) is 11.5. The lowest BCUT2D eigenvalue weighted by Crippen LogP contribution is -2.39. The van der Waals surface area contributed by atoms with Crippen molar-refractivity contribution in [1.82, 2.24) is 0 Å².